The Morgan fingerprint density at radius 2 is 1.80 bits per heavy atom. The number of nitrogens with zero attached hydrogens (tertiary/aromatic N) is 2. The van der Waals surface area contributed by atoms with Crippen molar-refractivity contribution >= 4 is 24.1 Å². The summed E-state index contributed by atoms with van der Waals surface area (Å²) in [5.74, 6) is -0.769. The predicted octanol–water partition coefficient (Wildman–Crippen LogP) is 3.30. The number of methoxy groups -OCH3 is 1. The number of rotatable bonds is 5. The highest BCUT2D eigenvalue weighted by atomic mass is 16.6. The van der Waals surface area contributed by atoms with E-state index in [2.05, 4.69) is 11.9 Å². The number of carboxylic acid groups (broad SMARTS) is 1. The van der Waals surface area contributed by atoms with Gasteiger partial charge in [-0.15, -0.1) is 6.58 Å². The van der Waals surface area contributed by atoms with Crippen LogP contribution in [0, 0.1) is 0 Å². The monoisotopic (exact) mass is 489 g/mol. The van der Waals surface area contributed by atoms with Crippen LogP contribution in [-0.2, 0) is 32.2 Å². The van der Waals surface area contributed by atoms with E-state index >= 15 is 0 Å². The van der Waals surface area contributed by atoms with Gasteiger partial charge in [-0.25, -0.2) is 14.4 Å². The van der Waals surface area contributed by atoms with E-state index in [9.17, 15) is 19.2 Å². The second-order valence-corrected chi connectivity index (χ2v) is 9.34. The largest absolute Gasteiger partial charge is 0.467 e. The molecular weight excluding hydrogens is 454 g/mol. The molecule has 0 radical (unpaired) electrons. The lowest BCUT2D eigenvalue weighted by Gasteiger charge is -2.28. The zero-order chi connectivity index (χ0) is 26.2. The van der Waals surface area contributed by atoms with Gasteiger partial charge in [-0.05, 0) is 51.2 Å². The summed E-state index contributed by atoms with van der Waals surface area (Å²) in [5, 5.41) is 11.3. The maximum Gasteiger partial charge on any atom is 0.408 e. The van der Waals surface area contributed by atoms with E-state index in [-0.39, 0.29) is 12.3 Å². The van der Waals surface area contributed by atoms with Gasteiger partial charge in [0.2, 0.25) is 5.91 Å². The van der Waals surface area contributed by atoms with Gasteiger partial charge in [0.05, 0.1) is 7.11 Å². The number of fused-ring (bicyclic) bond motifs is 1. The Hall–Kier alpha value is -3.56. The highest BCUT2D eigenvalue weighted by Gasteiger charge is 2.38. The second-order valence-electron chi connectivity index (χ2n) is 9.34. The third-order valence-corrected chi connectivity index (χ3v) is 5.51. The highest BCUT2D eigenvalue weighted by molar-refractivity contribution is 5.90. The molecule has 1 aromatic rings. The first-order chi connectivity index (χ1) is 16.5. The molecule has 10 nitrogen and oxygen atoms in total. The minimum Gasteiger partial charge on any atom is -0.467 e. The molecule has 2 N–H and O–H groups in total. The number of esters is 1. The Bertz CT molecular complexity index is 916. The van der Waals surface area contributed by atoms with Gasteiger partial charge in [-0.1, -0.05) is 30.3 Å². The molecule has 3 amide bonds. The molecule has 0 aromatic heterocycles. The number of amides is 3. The summed E-state index contributed by atoms with van der Waals surface area (Å²) in [7, 11) is 1.30. The van der Waals surface area contributed by atoms with Crippen molar-refractivity contribution in [2.45, 2.75) is 70.8 Å². The number of benzene rings is 1. The fraction of sp³-hybridized carbons (Fsp3) is 0.520. The number of hydrogen-bond donors (Lipinski definition) is 2. The van der Waals surface area contributed by atoms with Gasteiger partial charge in [0.15, 0.2) is 0 Å². The van der Waals surface area contributed by atoms with E-state index in [0.717, 1.165) is 17.5 Å². The van der Waals surface area contributed by atoms with Crippen LogP contribution in [0.15, 0.2) is 36.9 Å². The number of nitrogens with one attached hydrogen (secondary N) is 1. The van der Waals surface area contributed by atoms with Gasteiger partial charge in [-0.3, -0.25) is 9.69 Å². The Balaban J connectivity index is 0.000000298. The molecule has 0 bridgehead atoms. The number of ether oxygens (including phenoxy) is 2. The standard InChI is InChI=1S/C16H26N2O5.C9H9NO2/c1-6-8-11(17-15(21)23-16(2,3)4)13(19)18-10-7-9-12(18)14(20)22-5;11-9(12)10-5-7-3-1-2-4-8(7)6-10/h6,11-12H,1,7-10H2,2-5H3,(H,17,21);1-4H,5-6H2,(H,11,12). The van der Waals surface area contributed by atoms with E-state index in [1.165, 1.54) is 16.9 Å². The topological polar surface area (TPSA) is 125 Å². The summed E-state index contributed by atoms with van der Waals surface area (Å²) in [5.41, 5.74) is 1.59. The summed E-state index contributed by atoms with van der Waals surface area (Å²) >= 11 is 0. The van der Waals surface area contributed by atoms with E-state index in [1.54, 1.807) is 26.8 Å². The first-order valence-electron chi connectivity index (χ1n) is 11.5. The SMILES string of the molecule is C=CCC(NC(=O)OC(C)(C)C)C(=O)N1CCCC1C(=O)OC.O=C(O)N1Cc2ccccc2C1. The molecule has 192 valence electrons. The molecule has 2 atom stereocenters. The highest BCUT2D eigenvalue weighted by Crippen LogP contribution is 2.22. The lowest BCUT2D eigenvalue weighted by molar-refractivity contribution is -0.151. The molecule has 3 rings (SSSR count). The lowest BCUT2D eigenvalue weighted by atomic mass is 10.1. The normalized spacial score (nSPS) is 17.4. The molecule has 0 spiro atoms. The van der Waals surface area contributed by atoms with E-state index in [1.807, 2.05) is 24.3 Å². The van der Waals surface area contributed by atoms with Crippen molar-refractivity contribution in [1.29, 1.82) is 0 Å². The van der Waals surface area contributed by atoms with Gasteiger partial charge in [0.25, 0.3) is 0 Å². The summed E-state index contributed by atoms with van der Waals surface area (Å²) in [6, 6.07) is 6.40. The van der Waals surface area contributed by atoms with Crippen molar-refractivity contribution < 1.29 is 33.8 Å². The Kier molecular flexibility index (Phi) is 9.68. The van der Waals surface area contributed by atoms with Crippen molar-refractivity contribution in [2.24, 2.45) is 0 Å². The van der Waals surface area contributed by atoms with Gasteiger partial charge in [0, 0.05) is 19.6 Å². The van der Waals surface area contributed by atoms with Gasteiger partial charge in [-0.2, -0.15) is 0 Å². The van der Waals surface area contributed by atoms with Crippen LogP contribution < -0.4 is 5.32 Å². The third kappa shape index (κ3) is 8.01. The van der Waals surface area contributed by atoms with Crippen LogP contribution >= 0.6 is 0 Å². The van der Waals surface area contributed by atoms with Crippen molar-refractivity contribution in [3.8, 4) is 0 Å². The van der Waals surface area contributed by atoms with Crippen LogP contribution in [0.5, 0.6) is 0 Å². The van der Waals surface area contributed by atoms with Crippen LogP contribution in [0.3, 0.4) is 0 Å². The van der Waals surface area contributed by atoms with Crippen LogP contribution in [0.25, 0.3) is 0 Å². The van der Waals surface area contributed by atoms with Crippen LogP contribution in [-0.4, -0.2) is 70.3 Å². The number of hydrogen-bond acceptors (Lipinski definition) is 6. The quantitative estimate of drug-likeness (QED) is 0.480. The molecule has 1 aromatic carbocycles. The molecule has 35 heavy (non-hydrogen) atoms. The van der Waals surface area contributed by atoms with Gasteiger partial charge >= 0.3 is 18.2 Å². The average molecular weight is 490 g/mol. The molecule has 2 aliphatic rings. The maximum atomic E-state index is 12.7. The van der Waals surface area contributed by atoms with Crippen molar-refractivity contribution in [1.82, 2.24) is 15.1 Å². The Morgan fingerprint density at radius 1 is 1.20 bits per heavy atom. The molecule has 2 unspecified atom stereocenters. The lowest BCUT2D eigenvalue weighted by Crippen LogP contribution is -2.52. The van der Waals surface area contributed by atoms with Crippen LogP contribution in [0.4, 0.5) is 9.59 Å². The average Bonchev–Trinajstić information content (AvgIpc) is 3.44. The zero-order valence-electron chi connectivity index (χ0n) is 20.8. The van der Waals surface area contributed by atoms with Crippen molar-refractivity contribution in [2.75, 3.05) is 13.7 Å². The summed E-state index contributed by atoms with van der Waals surface area (Å²) in [6.07, 6.45) is 1.56. The summed E-state index contributed by atoms with van der Waals surface area (Å²) < 4.78 is 9.91. The van der Waals surface area contributed by atoms with Crippen molar-refractivity contribution in [3.05, 3.63) is 48.0 Å². The molecule has 0 saturated carbocycles. The molecule has 2 aliphatic heterocycles. The van der Waals surface area contributed by atoms with E-state index < -0.39 is 35.8 Å². The van der Waals surface area contributed by atoms with Crippen LogP contribution in [0.1, 0.15) is 51.2 Å². The number of carbonyl (C=O) groups is 4. The molecule has 1 fully saturated rings. The second kappa shape index (κ2) is 12.2. The van der Waals surface area contributed by atoms with Crippen LogP contribution in [0.2, 0.25) is 0 Å². The minimum absolute atomic E-state index is 0.252. The number of likely N-dealkylation sites (tertiary alicyclic amines) is 1. The number of alkyl carbamates (subject to hydrolysis) is 1. The fourth-order valence-electron chi connectivity index (χ4n) is 3.92. The van der Waals surface area contributed by atoms with Gasteiger partial charge in [0.1, 0.15) is 17.7 Å². The van der Waals surface area contributed by atoms with E-state index in [0.29, 0.717) is 26.1 Å². The summed E-state index contributed by atoms with van der Waals surface area (Å²) in [4.78, 5) is 49.8. The van der Waals surface area contributed by atoms with Crippen molar-refractivity contribution in [3.63, 3.8) is 0 Å². The molecule has 1 saturated heterocycles. The maximum absolute atomic E-state index is 12.7. The first kappa shape index (κ1) is 27.7. The molecular formula is C25H35N3O7. The molecule has 0 aliphatic carbocycles. The predicted molar refractivity (Wildman–Crippen MR) is 128 cm³/mol. The zero-order valence-corrected chi connectivity index (χ0v) is 20.8. The van der Waals surface area contributed by atoms with Gasteiger partial charge < -0.3 is 24.8 Å². The summed E-state index contributed by atoms with van der Waals surface area (Å²) in [6.45, 7) is 10.4. The fourth-order valence-corrected chi connectivity index (χ4v) is 3.92. The van der Waals surface area contributed by atoms with E-state index in [4.69, 9.17) is 14.6 Å². The Morgan fingerprint density at radius 3 is 2.29 bits per heavy atom. The Labute approximate surface area is 205 Å². The molecule has 10 heteroatoms. The number of carbonyl (C=O) groups excluding carboxylic acids is 3. The first-order valence-corrected chi connectivity index (χ1v) is 11.5. The molecule has 2 heterocycles. The smallest absolute Gasteiger partial charge is 0.408 e. The third-order valence-electron chi connectivity index (χ3n) is 5.51. The minimum atomic E-state index is -0.841.